The van der Waals surface area contributed by atoms with E-state index in [4.69, 9.17) is 47.4 Å². The van der Waals surface area contributed by atoms with E-state index >= 15 is 0 Å². The molecule has 2 aromatic rings. The highest BCUT2D eigenvalue weighted by Gasteiger charge is 2.30. The maximum Gasteiger partial charge on any atom is 0.407 e. The summed E-state index contributed by atoms with van der Waals surface area (Å²) in [6, 6.07) is 15.1. The second kappa shape index (κ2) is 27.8. The van der Waals surface area contributed by atoms with Gasteiger partial charge < -0.3 is 58.0 Å². The maximum absolute atomic E-state index is 13.1. The van der Waals surface area contributed by atoms with Gasteiger partial charge in [-0.25, -0.2) is 4.79 Å². The van der Waals surface area contributed by atoms with Crippen molar-refractivity contribution in [2.24, 2.45) is 0 Å². The van der Waals surface area contributed by atoms with Gasteiger partial charge in [0.1, 0.15) is 18.2 Å². The molecule has 0 unspecified atom stereocenters. The van der Waals surface area contributed by atoms with Crippen LogP contribution in [0.4, 0.5) is 4.79 Å². The number of ether oxygens (including phenoxy) is 10. The van der Waals surface area contributed by atoms with Gasteiger partial charge >= 0.3 is 12.1 Å². The van der Waals surface area contributed by atoms with Crippen LogP contribution in [0.3, 0.4) is 0 Å². The molecule has 0 radical (unpaired) electrons. The van der Waals surface area contributed by atoms with Gasteiger partial charge in [0, 0.05) is 26.0 Å². The summed E-state index contributed by atoms with van der Waals surface area (Å²) >= 11 is 0. The van der Waals surface area contributed by atoms with Crippen molar-refractivity contribution >= 4 is 18.0 Å². The van der Waals surface area contributed by atoms with Crippen molar-refractivity contribution in [3.05, 3.63) is 59.7 Å². The summed E-state index contributed by atoms with van der Waals surface area (Å²) in [7, 11) is 1.63. The zero-order chi connectivity index (χ0) is 40.3. The first-order chi connectivity index (χ1) is 27.2. The number of amides is 2. The molecule has 56 heavy (non-hydrogen) atoms. The van der Waals surface area contributed by atoms with Gasteiger partial charge in [0.2, 0.25) is 5.91 Å². The molecule has 2 aromatic carbocycles. The third-order valence-corrected chi connectivity index (χ3v) is 8.22. The first-order valence-corrected chi connectivity index (χ1v) is 19.3. The van der Waals surface area contributed by atoms with Crippen molar-refractivity contribution in [1.29, 1.82) is 0 Å². The Morgan fingerprint density at radius 2 is 1.05 bits per heavy atom. The van der Waals surface area contributed by atoms with E-state index in [1.807, 2.05) is 36.4 Å². The number of fused-ring (bicyclic) bond motifs is 3. The maximum atomic E-state index is 13.1. The monoisotopic (exact) mass is 790 g/mol. The largest absolute Gasteiger partial charge is 0.460 e. The minimum absolute atomic E-state index is 0.0334. The lowest BCUT2D eigenvalue weighted by Gasteiger charge is -2.22. The fourth-order valence-electron chi connectivity index (χ4n) is 5.64. The molecular weight excluding hydrogens is 728 g/mol. The lowest BCUT2D eigenvalue weighted by Crippen LogP contribution is -2.48. The predicted octanol–water partition coefficient (Wildman–Crippen LogP) is 3.89. The van der Waals surface area contributed by atoms with E-state index in [2.05, 4.69) is 22.8 Å². The van der Waals surface area contributed by atoms with Gasteiger partial charge in [0.15, 0.2) is 0 Å². The van der Waals surface area contributed by atoms with Gasteiger partial charge in [0.25, 0.3) is 0 Å². The van der Waals surface area contributed by atoms with Crippen LogP contribution < -0.4 is 10.6 Å². The minimum Gasteiger partial charge on any atom is -0.460 e. The molecule has 3 rings (SSSR count). The van der Waals surface area contributed by atoms with Crippen molar-refractivity contribution in [3.8, 4) is 11.1 Å². The van der Waals surface area contributed by atoms with Gasteiger partial charge in [-0.2, -0.15) is 0 Å². The highest BCUT2D eigenvalue weighted by molar-refractivity contribution is 5.86. The van der Waals surface area contributed by atoms with Crippen LogP contribution in [0.5, 0.6) is 0 Å². The van der Waals surface area contributed by atoms with Crippen LogP contribution in [0.25, 0.3) is 11.1 Å². The summed E-state index contributed by atoms with van der Waals surface area (Å²) in [5, 5.41) is 5.42. The number of esters is 1. The van der Waals surface area contributed by atoms with Crippen LogP contribution in [-0.2, 0) is 57.0 Å². The van der Waals surface area contributed by atoms with Crippen molar-refractivity contribution in [1.82, 2.24) is 10.6 Å². The van der Waals surface area contributed by atoms with E-state index in [0.717, 1.165) is 22.3 Å². The van der Waals surface area contributed by atoms with E-state index in [1.54, 1.807) is 27.9 Å². The molecular formula is C41H62N2O13. The Hall–Kier alpha value is -3.67. The van der Waals surface area contributed by atoms with Crippen LogP contribution in [0.15, 0.2) is 48.5 Å². The van der Waals surface area contributed by atoms with Gasteiger partial charge in [-0.05, 0) is 49.4 Å². The van der Waals surface area contributed by atoms with Crippen LogP contribution in [0, 0.1) is 0 Å². The second-order valence-electron chi connectivity index (χ2n) is 13.7. The van der Waals surface area contributed by atoms with Gasteiger partial charge in [-0.1, -0.05) is 48.5 Å². The van der Waals surface area contributed by atoms with Crippen molar-refractivity contribution in [2.45, 2.75) is 51.2 Å². The minimum atomic E-state index is -1.02. The normalized spacial score (nSPS) is 12.9. The zero-order valence-corrected chi connectivity index (χ0v) is 33.5. The van der Waals surface area contributed by atoms with Gasteiger partial charge in [0.05, 0.1) is 99.1 Å². The predicted molar refractivity (Wildman–Crippen MR) is 208 cm³/mol. The molecule has 1 aliphatic carbocycles. The number of carbonyl (C=O) groups excluding carboxylic acids is 3. The molecule has 0 saturated carbocycles. The Bertz CT molecular complexity index is 1360. The van der Waals surface area contributed by atoms with Crippen LogP contribution >= 0.6 is 0 Å². The van der Waals surface area contributed by atoms with Crippen LogP contribution in [0.1, 0.15) is 50.7 Å². The van der Waals surface area contributed by atoms with Gasteiger partial charge in [-0.15, -0.1) is 0 Å². The smallest absolute Gasteiger partial charge is 0.407 e. The zero-order valence-electron chi connectivity index (χ0n) is 33.5. The Morgan fingerprint density at radius 1 is 0.625 bits per heavy atom. The third-order valence-electron chi connectivity index (χ3n) is 8.22. The first-order valence-electron chi connectivity index (χ1n) is 19.3. The number of carbonyl (C=O) groups is 3. The number of benzene rings is 2. The number of methoxy groups -OCH3 is 1. The molecule has 314 valence electrons. The molecule has 0 aliphatic heterocycles. The van der Waals surface area contributed by atoms with Gasteiger partial charge in [-0.3, -0.25) is 9.59 Å². The van der Waals surface area contributed by atoms with Crippen molar-refractivity contribution < 1.29 is 61.8 Å². The second-order valence-corrected chi connectivity index (χ2v) is 13.7. The third kappa shape index (κ3) is 19.5. The average molecular weight is 791 g/mol. The number of nitrogens with one attached hydrogen (secondary N) is 2. The first kappa shape index (κ1) is 46.7. The van der Waals surface area contributed by atoms with E-state index in [0.29, 0.717) is 92.5 Å². The number of hydrogen-bond acceptors (Lipinski definition) is 13. The van der Waals surface area contributed by atoms with Crippen molar-refractivity contribution in [2.75, 3.05) is 119 Å². The lowest BCUT2D eigenvalue weighted by molar-refractivity contribution is -0.155. The van der Waals surface area contributed by atoms with E-state index in [1.165, 1.54) is 0 Å². The van der Waals surface area contributed by atoms with Crippen molar-refractivity contribution in [3.63, 3.8) is 0 Å². The molecule has 1 aliphatic rings. The molecule has 0 fully saturated rings. The van der Waals surface area contributed by atoms with E-state index in [9.17, 15) is 14.4 Å². The Balaban J connectivity index is 1.23. The molecule has 0 heterocycles. The molecule has 1 atom stereocenters. The fraction of sp³-hybridized carbons (Fsp3) is 0.634. The lowest BCUT2D eigenvalue weighted by atomic mass is 9.98. The quantitative estimate of drug-likeness (QED) is 0.0835. The summed E-state index contributed by atoms with van der Waals surface area (Å²) in [5.74, 6) is -1.06. The molecule has 0 aromatic heterocycles. The summed E-state index contributed by atoms with van der Waals surface area (Å²) in [4.78, 5) is 38.6. The molecule has 15 nitrogen and oxygen atoms in total. The Morgan fingerprint density at radius 3 is 1.50 bits per heavy atom. The number of rotatable bonds is 31. The van der Waals surface area contributed by atoms with E-state index < -0.39 is 29.6 Å². The Kier molecular flexibility index (Phi) is 23.2. The average Bonchev–Trinajstić information content (AvgIpc) is 3.50. The summed E-state index contributed by atoms with van der Waals surface area (Å²) in [6.45, 7) is 12.4. The highest BCUT2D eigenvalue weighted by Crippen LogP contribution is 2.44. The van der Waals surface area contributed by atoms with Crippen LogP contribution in [-0.4, -0.2) is 149 Å². The Labute approximate surface area is 331 Å². The number of alkyl carbamates (subject to hydrolysis) is 1. The summed E-state index contributed by atoms with van der Waals surface area (Å²) in [6.07, 6.45) is -0.783. The highest BCUT2D eigenvalue weighted by atomic mass is 16.6. The molecule has 15 heteroatoms. The topological polar surface area (TPSA) is 168 Å². The van der Waals surface area contributed by atoms with Crippen LogP contribution in [0.2, 0.25) is 0 Å². The number of hydrogen-bond donors (Lipinski definition) is 2. The standard InChI is InChI=1S/C41H62N2O13/c1-41(2,3)56-38(44)14-13-37(43-40(46)55-31-36-34-11-7-5-9-32(34)33-10-6-8-12-35(33)36)39(45)42-15-16-48-19-20-50-23-24-52-27-28-54-30-29-53-26-25-51-22-21-49-18-17-47-4/h5-12,36-37H,13-31H2,1-4H3,(H,42,45)(H,43,46)/t37-/m0/s1. The summed E-state index contributed by atoms with van der Waals surface area (Å²) < 4.78 is 54.2. The molecule has 0 spiro atoms. The fourth-order valence-corrected chi connectivity index (χ4v) is 5.64. The summed E-state index contributed by atoms with van der Waals surface area (Å²) in [5.41, 5.74) is 3.70. The van der Waals surface area contributed by atoms with E-state index in [-0.39, 0.29) is 38.5 Å². The molecule has 0 bridgehead atoms. The molecule has 2 amide bonds. The SMILES string of the molecule is COCCOCCOCCOCCOCCOCCOCCOCCNC(=O)[C@H](CCC(=O)OC(C)(C)C)NC(=O)OCC1c2ccccc2-c2ccccc21. The molecule has 2 N–H and O–H groups in total. The molecule has 0 saturated heterocycles.